The molecule has 13 heavy (non-hydrogen) atoms. The topological polar surface area (TPSA) is 47.0 Å². The van der Waals surface area contributed by atoms with Crippen LogP contribution in [-0.2, 0) is 0 Å². The van der Waals surface area contributed by atoms with Crippen molar-refractivity contribution in [2.24, 2.45) is 0 Å². The lowest BCUT2D eigenvalue weighted by Crippen LogP contribution is -2.14. The second-order valence-electron chi connectivity index (χ2n) is 2.61. The van der Waals surface area contributed by atoms with Gasteiger partial charge in [0, 0.05) is 24.0 Å². The molecule has 4 heteroatoms. The summed E-state index contributed by atoms with van der Waals surface area (Å²) in [6.45, 7) is 0. The minimum Gasteiger partial charge on any atom is -0.289 e. The molecule has 1 aromatic heterocycles. The standard InChI is InChI=1S/C9H4BrNO2/c10-7-3-8(12)6-4-11-2-1-5(6)9(7)13/h1-4H. The van der Waals surface area contributed by atoms with Crippen LogP contribution in [-0.4, -0.2) is 16.6 Å². The lowest BCUT2D eigenvalue weighted by atomic mass is 9.97. The Morgan fingerprint density at radius 3 is 2.77 bits per heavy atom. The zero-order valence-corrected chi connectivity index (χ0v) is 8.04. The van der Waals surface area contributed by atoms with Crippen LogP contribution in [0, 0.1) is 0 Å². The van der Waals surface area contributed by atoms with Crippen LogP contribution in [0.1, 0.15) is 20.7 Å². The van der Waals surface area contributed by atoms with Crippen LogP contribution in [0.2, 0.25) is 0 Å². The number of hydrogen-bond donors (Lipinski definition) is 0. The van der Waals surface area contributed by atoms with Gasteiger partial charge in [0.05, 0.1) is 10.0 Å². The van der Waals surface area contributed by atoms with Crippen LogP contribution in [0.3, 0.4) is 0 Å². The van der Waals surface area contributed by atoms with Crippen LogP contribution in [0.4, 0.5) is 0 Å². The number of ketones is 2. The smallest absolute Gasteiger partial charge is 0.200 e. The summed E-state index contributed by atoms with van der Waals surface area (Å²) >= 11 is 3.03. The Labute approximate surface area is 82.6 Å². The fraction of sp³-hybridized carbons (Fsp3) is 0. The van der Waals surface area contributed by atoms with Crippen molar-refractivity contribution < 1.29 is 9.59 Å². The van der Waals surface area contributed by atoms with E-state index in [1.54, 1.807) is 6.07 Å². The molecular formula is C9H4BrNO2. The second kappa shape index (κ2) is 2.88. The molecule has 0 unspecified atom stereocenters. The first-order valence-corrected chi connectivity index (χ1v) is 4.39. The van der Waals surface area contributed by atoms with Gasteiger partial charge < -0.3 is 0 Å². The maximum Gasteiger partial charge on any atom is 0.200 e. The molecule has 0 spiro atoms. The predicted molar refractivity (Wildman–Crippen MR) is 49.9 cm³/mol. The Bertz CT molecular complexity index is 437. The van der Waals surface area contributed by atoms with Gasteiger partial charge in [0.1, 0.15) is 0 Å². The number of pyridine rings is 1. The highest BCUT2D eigenvalue weighted by molar-refractivity contribution is 9.12. The Kier molecular flexibility index (Phi) is 1.84. The molecule has 0 fully saturated rings. The summed E-state index contributed by atoms with van der Waals surface area (Å²) in [7, 11) is 0. The number of hydrogen-bond acceptors (Lipinski definition) is 3. The van der Waals surface area contributed by atoms with Crippen LogP contribution in [0.25, 0.3) is 0 Å². The fourth-order valence-corrected chi connectivity index (χ4v) is 1.60. The monoisotopic (exact) mass is 237 g/mol. The molecule has 0 bridgehead atoms. The van der Waals surface area contributed by atoms with Gasteiger partial charge in [-0.25, -0.2) is 0 Å². The number of fused-ring (bicyclic) bond motifs is 1. The van der Waals surface area contributed by atoms with Gasteiger partial charge in [-0.15, -0.1) is 0 Å². The van der Waals surface area contributed by atoms with Crippen molar-refractivity contribution >= 4 is 27.5 Å². The van der Waals surface area contributed by atoms with E-state index < -0.39 is 0 Å². The van der Waals surface area contributed by atoms with E-state index in [9.17, 15) is 9.59 Å². The van der Waals surface area contributed by atoms with Gasteiger partial charge in [-0.3, -0.25) is 14.6 Å². The summed E-state index contributed by atoms with van der Waals surface area (Å²) in [4.78, 5) is 26.6. The van der Waals surface area contributed by atoms with Crippen molar-refractivity contribution in [3.8, 4) is 0 Å². The van der Waals surface area contributed by atoms with Gasteiger partial charge in [-0.05, 0) is 22.0 Å². The molecule has 1 aliphatic carbocycles. The van der Waals surface area contributed by atoms with Gasteiger partial charge >= 0.3 is 0 Å². The zero-order valence-electron chi connectivity index (χ0n) is 6.45. The van der Waals surface area contributed by atoms with E-state index in [4.69, 9.17) is 0 Å². The van der Waals surface area contributed by atoms with E-state index in [0.717, 1.165) is 0 Å². The number of rotatable bonds is 0. The van der Waals surface area contributed by atoms with E-state index in [1.165, 1.54) is 18.5 Å². The number of carbonyl (C=O) groups excluding carboxylic acids is 2. The van der Waals surface area contributed by atoms with Crippen LogP contribution < -0.4 is 0 Å². The SMILES string of the molecule is O=C1C=C(Br)C(=O)c2ccncc21. The molecule has 1 aliphatic rings. The number of carbonyl (C=O) groups is 2. The molecule has 0 aliphatic heterocycles. The van der Waals surface area contributed by atoms with Crippen LogP contribution >= 0.6 is 15.9 Å². The molecule has 0 aromatic carbocycles. The van der Waals surface area contributed by atoms with E-state index >= 15 is 0 Å². The molecule has 64 valence electrons. The summed E-state index contributed by atoms with van der Waals surface area (Å²) in [6, 6.07) is 1.55. The Balaban J connectivity index is 2.69. The Hall–Kier alpha value is -1.29. The maximum absolute atomic E-state index is 11.5. The molecule has 1 heterocycles. The molecule has 3 nitrogen and oxygen atoms in total. The van der Waals surface area contributed by atoms with E-state index in [2.05, 4.69) is 20.9 Å². The average Bonchev–Trinajstić information content (AvgIpc) is 2.15. The lowest BCUT2D eigenvalue weighted by molar-refractivity contribution is 0.0991. The minimum absolute atomic E-state index is 0.169. The lowest BCUT2D eigenvalue weighted by Gasteiger charge is -2.09. The van der Waals surface area contributed by atoms with Crippen molar-refractivity contribution in [3.05, 3.63) is 40.1 Å². The van der Waals surface area contributed by atoms with E-state index in [0.29, 0.717) is 15.6 Å². The summed E-state index contributed by atoms with van der Waals surface area (Å²) in [6.07, 6.45) is 4.17. The first kappa shape index (κ1) is 8.31. The van der Waals surface area contributed by atoms with E-state index in [1.807, 2.05) is 0 Å². The molecule has 0 saturated heterocycles. The van der Waals surface area contributed by atoms with Crippen molar-refractivity contribution in [3.63, 3.8) is 0 Å². The second-order valence-corrected chi connectivity index (χ2v) is 3.46. The predicted octanol–water partition coefficient (Wildman–Crippen LogP) is 1.74. The molecule has 1 aromatic rings. The molecule has 0 amide bonds. The zero-order chi connectivity index (χ0) is 9.42. The van der Waals surface area contributed by atoms with Crippen molar-refractivity contribution in [1.29, 1.82) is 0 Å². The Morgan fingerprint density at radius 2 is 2.00 bits per heavy atom. The minimum atomic E-state index is -0.186. The number of allylic oxidation sites excluding steroid dienone is 2. The van der Waals surface area contributed by atoms with Gasteiger partial charge in [0.25, 0.3) is 0 Å². The summed E-state index contributed by atoms with van der Waals surface area (Å²) < 4.78 is 0.302. The van der Waals surface area contributed by atoms with Crippen LogP contribution in [0.5, 0.6) is 0 Å². The summed E-state index contributed by atoms with van der Waals surface area (Å²) in [5.41, 5.74) is 0.782. The van der Waals surface area contributed by atoms with Crippen molar-refractivity contribution in [1.82, 2.24) is 4.98 Å². The third-order valence-electron chi connectivity index (χ3n) is 1.81. The molecular weight excluding hydrogens is 234 g/mol. The maximum atomic E-state index is 11.5. The fourth-order valence-electron chi connectivity index (χ4n) is 1.18. The normalized spacial score (nSPS) is 15.3. The highest BCUT2D eigenvalue weighted by atomic mass is 79.9. The van der Waals surface area contributed by atoms with E-state index in [-0.39, 0.29) is 11.6 Å². The van der Waals surface area contributed by atoms with Gasteiger partial charge in [-0.2, -0.15) is 0 Å². The van der Waals surface area contributed by atoms with Gasteiger partial charge in [0.2, 0.25) is 5.78 Å². The molecule has 2 rings (SSSR count). The van der Waals surface area contributed by atoms with Crippen molar-refractivity contribution in [2.45, 2.75) is 0 Å². The number of Topliss-reactive ketones (excluding diaryl/α,β-unsaturated/α-hetero) is 1. The summed E-state index contributed by atoms with van der Waals surface area (Å²) in [5, 5.41) is 0. The quantitative estimate of drug-likeness (QED) is 0.691. The average molecular weight is 238 g/mol. The molecule has 0 N–H and O–H groups in total. The molecule has 0 atom stereocenters. The molecule has 0 radical (unpaired) electrons. The first-order valence-electron chi connectivity index (χ1n) is 3.60. The number of halogens is 1. The first-order chi connectivity index (χ1) is 6.20. The molecule has 0 saturated carbocycles. The Morgan fingerprint density at radius 1 is 1.23 bits per heavy atom. The third-order valence-corrected chi connectivity index (χ3v) is 2.39. The highest BCUT2D eigenvalue weighted by Gasteiger charge is 2.23. The number of nitrogens with zero attached hydrogens (tertiary/aromatic N) is 1. The van der Waals surface area contributed by atoms with Gasteiger partial charge in [-0.1, -0.05) is 0 Å². The van der Waals surface area contributed by atoms with Gasteiger partial charge in [0.15, 0.2) is 5.78 Å². The van der Waals surface area contributed by atoms with Crippen molar-refractivity contribution in [2.75, 3.05) is 0 Å². The van der Waals surface area contributed by atoms with Crippen LogP contribution in [0.15, 0.2) is 29.0 Å². The number of aromatic nitrogens is 1. The highest BCUT2D eigenvalue weighted by Crippen LogP contribution is 2.23. The third kappa shape index (κ3) is 1.23. The largest absolute Gasteiger partial charge is 0.289 e. The summed E-state index contributed by atoms with van der Waals surface area (Å²) in [5.74, 6) is -0.355.